The highest BCUT2D eigenvalue weighted by Gasteiger charge is 2.21. The number of carbonyl (C=O) groups is 1. The molecule has 1 aliphatic rings. The van der Waals surface area contributed by atoms with Crippen molar-refractivity contribution in [1.29, 1.82) is 0 Å². The van der Waals surface area contributed by atoms with Crippen LogP contribution in [0, 0.1) is 5.92 Å². The molecular formula is C19H23N3O2S. The summed E-state index contributed by atoms with van der Waals surface area (Å²) >= 11 is 1.33. The maximum absolute atomic E-state index is 12.7. The van der Waals surface area contributed by atoms with Gasteiger partial charge in [-0.3, -0.25) is 14.2 Å². The summed E-state index contributed by atoms with van der Waals surface area (Å²) in [4.78, 5) is 31.7. The summed E-state index contributed by atoms with van der Waals surface area (Å²) in [7, 11) is 0. The van der Waals surface area contributed by atoms with E-state index < -0.39 is 0 Å². The fourth-order valence-electron chi connectivity index (χ4n) is 3.18. The summed E-state index contributed by atoms with van der Waals surface area (Å²) in [6, 6.07) is 7.30. The molecule has 0 spiro atoms. The Morgan fingerprint density at radius 2 is 2.24 bits per heavy atom. The molecular weight excluding hydrogens is 334 g/mol. The zero-order valence-electron chi connectivity index (χ0n) is 14.5. The van der Waals surface area contributed by atoms with Gasteiger partial charge in [-0.05, 0) is 30.9 Å². The molecule has 1 aromatic carbocycles. The number of likely N-dealkylation sites (tertiary alicyclic amines) is 1. The number of aromatic nitrogens is 2. The Kier molecular flexibility index (Phi) is 5.58. The third-order valence-corrected chi connectivity index (χ3v) is 5.43. The number of hydrogen-bond donors (Lipinski definition) is 0. The Morgan fingerprint density at radius 1 is 1.44 bits per heavy atom. The minimum absolute atomic E-state index is 0.0907. The van der Waals surface area contributed by atoms with Crippen LogP contribution in [0.2, 0.25) is 0 Å². The summed E-state index contributed by atoms with van der Waals surface area (Å²) in [6.07, 6.45) is 3.92. The summed E-state index contributed by atoms with van der Waals surface area (Å²) in [5, 5.41) is 1.16. The van der Waals surface area contributed by atoms with E-state index in [2.05, 4.69) is 18.5 Å². The number of benzene rings is 1. The van der Waals surface area contributed by atoms with Crippen molar-refractivity contribution in [3.63, 3.8) is 0 Å². The van der Waals surface area contributed by atoms with Gasteiger partial charge in [0.25, 0.3) is 5.56 Å². The average Bonchev–Trinajstić information content (AvgIpc) is 2.62. The first-order valence-corrected chi connectivity index (χ1v) is 9.59. The van der Waals surface area contributed by atoms with Gasteiger partial charge >= 0.3 is 0 Å². The first-order chi connectivity index (χ1) is 12.1. The number of fused-ring (bicyclic) bond motifs is 1. The van der Waals surface area contributed by atoms with Gasteiger partial charge < -0.3 is 4.90 Å². The molecule has 2 heterocycles. The largest absolute Gasteiger partial charge is 0.342 e. The predicted molar refractivity (Wildman–Crippen MR) is 102 cm³/mol. The van der Waals surface area contributed by atoms with Crippen molar-refractivity contribution in [3.8, 4) is 0 Å². The third-order valence-electron chi connectivity index (χ3n) is 4.47. The van der Waals surface area contributed by atoms with Crippen molar-refractivity contribution in [3.05, 3.63) is 47.3 Å². The molecule has 5 nitrogen and oxygen atoms in total. The molecule has 25 heavy (non-hydrogen) atoms. The van der Waals surface area contributed by atoms with Gasteiger partial charge in [-0.15, -0.1) is 6.58 Å². The Balaban J connectivity index is 1.82. The van der Waals surface area contributed by atoms with Gasteiger partial charge in [0.05, 0.1) is 16.7 Å². The maximum atomic E-state index is 12.7. The predicted octanol–water partition coefficient (Wildman–Crippen LogP) is 2.93. The van der Waals surface area contributed by atoms with Crippen LogP contribution >= 0.6 is 11.8 Å². The number of nitrogens with zero attached hydrogens (tertiary/aromatic N) is 3. The number of rotatable bonds is 5. The lowest BCUT2D eigenvalue weighted by Gasteiger charge is -2.30. The molecule has 2 aromatic rings. The van der Waals surface area contributed by atoms with Crippen molar-refractivity contribution >= 4 is 28.6 Å². The smallest absolute Gasteiger partial charge is 0.262 e. The lowest BCUT2D eigenvalue weighted by atomic mass is 10.0. The van der Waals surface area contributed by atoms with Crippen molar-refractivity contribution in [2.45, 2.75) is 31.5 Å². The molecule has 1 amide bonds. The monoisotopic (exact) mass is 357 g/mol. The second-order valence-corrected chi connectivity index (χ2v) is 7.43. The highest BCUT2D eigenvalue weighted by atomic mass is 32.2. The molecule has 1 aliphatic heterocycles. The van der Waals surface area contributed by atoms with Gasteiger partial charge in [-0.2, -0.15) is 0 Å². The van der Waals surface area contributed by atoms with E-state index in [1.54, 1.807) is 16.7 Å². The van der Waals surface area contributed by atoms with E-state index in [-0.39, 0.29) is 11.5 Å². The summed E-state index contributed by atoms with van der Waals surface area (Å²) in [6.45, 7) is 7.94. The molecule has 0 N–H and O–H groups in total. The van der Waals surface area contributed by atoms with E-state index >= 15 is 0 Å². The normalized spacial score (nSPS) is 17.6. The molecule has 6 heteroatoms. The number of hydrogen-bond acceptors (Lipinski definition) is 4. The molecule has 1 saturated heterocycles. The van der Waals surface area contributed by atoms with Gasteiger partial charge in [0.1, 0.15) is 0 Å². The van der Waals surface area contributed by atoms with E-state index in [1.807, 2.05) is 23.1 Å². The molecule has 132 valence electrons. The molecule has 3 rings (SSSR count). The minimum atomic E-state index is -0.0907. The van der Waals surface area contributed by atoms with Crippen LogP contribution in [0.15, 0.2) is 46.9 Å². The van der Waals surface area contributed by atoms with Crippen LogP contribution in [-0.4, -0.2) is 39.2 Å². The number of amides is 1. The van der Waals surface area contributed by atoms with Crippen LogP contribution in [0.3, 0.4) is 0 Å². The Bertz CT molecular complexity index is 846. The quantitative estimate of drug-likeness (QED) is 0.469. The van der Waals surface area contributed by atoms with Gasteiger partial charge in [-0.25, -0.2) is 4.98 Å². The first-order valence-electron chi connectivity index (χ1n) is 8.61. The highest BCUT2D eigenvalue weighted by molar-refractivity contribution is 7.99. The van der Waals surface area contributed by atoms with Crippen LogP contribution in [0.1, 0.15) is 19.8 Å². The number of carbonyl (C=O) groups excluding carboxylic acids is 1. The molecule has 1 aromatic heterocycles. The van der Waals surface area contributed by atoms with E-state index in [0.29, 0.717) is 34.3 Å². The van der Waals surface area contributed by atoms with Crippen molar-refractivity contribution in [1.82, 2.24) is 14.5 Å². The molecule has 0 saturated carbocycles. The fraction of sp³-hybridized carbons (Fsp3) is 0.421. The molecule has 0 unspecified atom stereocenters. The highest BCUT2D eigenvalue weighted by Crippen LogP contribution is 2.21. The van der Waals surface area contributed by atoms with Crippen molar-refractivity contribution < 1.29 is 4.79 Å². The first kappa shape index (κ1) is 17.7. The van der Waals surface area contributed by atoms with E-state index in [0.717, 1.165) is 19.5 Å². The summed E-state index contributed by atoms with van der Waals surface area (Å²) in [5.41, 5.74) is 0.571. The number of thioether (sulfide) groups is 1. The molecule has 0 aliphatic carbocycles. The molecule has 0 bridgehead atoms. The lowest BCUT2D eigenvalue weighted by Crippen LogP contribution is -2.40. The lowest BCUT2D eigenvalue weighted by molar-refractivity contribution is -0.130. The number of para-hydroxylation sites is 1. The van der Waals surface area contributed by atoms with Crippen LogP contribution < -0.4 is 5.56 Å². The zero-order chi connectivity index (χ0) is 17.8. The van der Waals surface area contributed by atoms with Gasteiger partial charge in [0.15, 0.2) is 5.16 Å². The topological polar surface area (TPSA) is 55.2 Å². The average molecular weight is 357 g/mol. The van der Waals surface area contributed by atoms with E-state index in [1.165, 1.54) is 18.2 Å². The van der Waals surface area contributed by atoms with Crippen LogP contribution in [0.25, 0.3) is 10.9 Å². The second kappa shape index (κ2) is 7.87. The minimum Gasteiger partial charge on any atom is -0.342 e. The molecule has 0 radical (unpaired) electrons. The van der Waals surface area contributed by atoms with Crippen LogP contribution in [0.4, 0.5) is 0 Å². The molecule has 1 fully saturated rings. The molecule has 1 atom stereocenters. The van der Waals surface area contributed by atoms with E-state index in [4.69, 9.17) is 0 Å². The van der Waals surface area contributed by atoms with Crippen molar-refractivity contribution in [2.75, 3.05) is 18.8 Å². The third kappa shape index (κ3) is 3.95. The summed E-state index contributed by atoms with van der Waals surface area (Å²) in [5.74, 6) is 0.971. The SMILES string of the molecule is C=CCn1c(SCC(=O)N2CCC[C@H](C)C2)nc2ccccc2c1=O. The fourth-order valence-corrected chi connectivity index (χ4v) is 4.09. The Hall–Kier alpha value is -2.08. The Morgan fingerprint density at radius 3 is 3.00 bits per heavy atom. The zero-order valence-corrected chi connectivity index (χ0v) is 15.3. The second-order valence-electron chi connectivity index (χ2n) is 6.49. The number of piperidine rings is 1. The van der Waals surface area contributed by atoms with Crippen molar-refractivity contribution in [2.24, 2.45) is 5.92 Å². The Labute approximate surface area is 151 Å². The maximum Gasteiger partial charge on any atom is 0.262 e. The number of allylic oxidation sites excluding steroid dienone is 1. The van der Waals surface area contributed by atoms with Gasteiger partial charge in [0.2, 0.25) is 5.91 Å². The van der Waals surface area contributed by atoms with Gasteiger partial charge in [-0.1, -0.05) is 36.9 Å². The standard InChI is InChI=1S/C19H23N3O2S/c1-3-10-22-18(24)15-8-4-5-9-16(15)20-19(22)25-13-17(23)21-11-6-7-14(2)12-21/h3-5,8-9,14H,1,6-7,10-13H2,2H3/t14-/m0/s1. The van der Waals surface area contributed by atoms with Gasteiger partial charge in [0, 0.05) is 19.6 Å². The van der Waals surface area contributed by atoms with Crippen LogP contribution in [-0.2, 0) is 11.3 Å². The van der Waals surface area contributed by atoms with E-state index in [9.17, 15) is 9.59 Å². The summed E-state index contributed by atoms with van der Waals surface area (Å²) < 4.78 is 1.59. The van der Waals surface area contributed by atoms with Crippen LogP contribution in [0.5, 0.6) is 0 Å².